The Hall–Kier alpha value is -2.10. The topological polar surface area (TPSA) is 59.4 Å². The molecule has 0 aliphatic rings. The minimum Gasteiger partial charge on any atom is -0.478 e. The van der Waals surface area contributed by atoms with Crippen LogP contribution in [0, 0.1) is 5.92 Å². The van der Waals surface area contributed by atoms with Crippen molar-refractivity contribution < 1.29 is 14.6 Å². The van der Waals surface area contributed by atoms with Gasteiger partial charge in [0.25, 0.3) is 0 Å². The van der Waals surface area contributed by atoms with E-state index >= 15 is 0 Å². The number of aromatic nitrogens is 1. The lowest BCUT2D eigenvalue weighted by atomic mass is 10.1. The van der Waals surface area contributed by atoms with Crippen LogP contribution >= 0.6 is 0 Å². The number of hydrogen-bond acceptors (Lipinski definition) is 3. The second-order valence-electron chi connectivity index (χ2n) is 5.21. The zero-order chi connectivity index (χ0) is 14.5. The molecule has 0 saturated carbocycles. The van der Waals surface area contributed by atoms with Gasteiger partial charge in [0, 0.05) is 11.5 Å². The van der Waals surface area contributed by atoms with Gasteiger partial charge in [0.1, 0.15) is 0 Å². The fraction of sp³-hybridized carbons (Fsp3) is 0.375. The molecule has 0 unspecified atom stereocenters. The predicted octanol–water partition coefficient (Wildman–Crippen LogP) is 3.75. The number of rotatable bonds is 6. The van der Waals surface area contributed by atoms with Crippen LogP contribution in [-0.4, -0.2) is 22.7 Å². The molecule has 1 aromatic carbocycles. The largest absolute Gasteiger partial charge is 0.478 e. The van der Waals surface area contributed by atoms with Gasteiger partial charge in [0.2, 0.25) is 5.88 Å². The lowest BCUT2D eigenvalue weighted by Gasteiger charge is -2.08. The molecule has 1 heterocycles. The van der Waals surface area contributed by atoms with Crippen molar-refractivity contribution in [2.24, 2.45) is 5.92 Å². The molecule has 4 heteroatoms. The van der Waals surface area contributed by atoms with Gasteiger partial charge < -0.3 is 9.84 Å². The van der Waals surface area contributed by atoms with E-state index < -0.39 is 5.97 Å². The van der Waals surface area contributed by atoms with Crippen LogP contribution < -0.4 is 4.74 Å². The minimum atomic E-state index is -0.942. The molecular weight excluding hydrogens is 254 g/mol. The maximum absolute atomic E-state index is 11.1. The number of pyridine rings is 1. The van der Waals surface area contributed by atoms with Gasteiger partial charge >= 0.3 is 5.97 Å². The maximum Gasteiger partial charge on any atom is 0.336 e. The Bertz CT molecular complexity index is 608. The summed E-state index contributed by atoms with van der Waals surface area (Å²) in [6, 6.07) is 8.55. The van der Waals surface area contributed by atoms with Crippen molar-refractivity contribution >= 4 is 16.9 Å². The van der Waals surface area contributed by atoms with Gasteiger partial charge in [0.15, 0.2) is 0 Å². The molecule has 0 radical (unpaired) electrons. The second-order valence-corrected chi connectivity index (χ2v) is 5.21. The van der Waals surface area contributed by atoms with Crippen molar-refractivity contribution in [1.29, 1.82) is 0 Å². The van der Waals surface area contributed by atoms with Gasteiger partial charge in [-0.15, -0.1) is 0 Å². The first-order valence-corrected chi connectivity index (χ1v) is 6.84. The van der Waals surface area contributed by atoms with E-state index in [1.807, 2.05) is 0 Å². The number of carboxylic acid groups (broad SMARTS) is 1. The van der Waals surface area contributed by atoms with E-state index in [4.69, 9.17) is 9.84 Å². The number of ether oxygens (including phenoxy) is 1. The van der Waals surface area contributed by atoms with E-state index in [9.17, 15) is 4.79 Å². The molecule has 1 N–H and O–H groups in total. The molecule has 2 rings (SSSR count). The van der Waals surface area contributed by atoms with E-state index in [1.54, 1.807) is 30.3 Å². The molecule has 0 bridgehead atoms. The van der Waals surface area contributed by atoms with Crippen molar-refractivity contribution in [1.82, 2.24) is 4.98 Å². The van der Waals surface area contributed by atoms with Crippen LogP contribution in [0.4, 0.5) is 0 Å². The van der Waals surface area contributed by atoms with Crippen molar-refractivity contribution in [2.75, 3.05) is 6.61 Å². The molecule has 0 fully saturated rings. The van der Waals surface area contributed by atoms with Crippen molar-refractivity contribution in [3.8, 4) is 5.88 Å². The molecule has 0 saturated heterocycles. The third-order valence-electron chi connectivity index (χ3n) is 3.11. The van der Waals surface area contributed by atoms with E-state index in [1.165, 1.54) is 0 Å². The number of hydrogen-bond donors (Lipinski definition) is 1. The molecule has 1 aromatic heterocycles. The molecular formula is C16H19NO3. The third kappa shape index (κ3) is 3.47. The average Bonchev–Trinajstić information content (AvgIpc) is 2.42. The van der Waals surface area contributed by atoms with Gasteiger partial charge in [-0.1, -0.05) is 19.9 Å². The highest BCUT2D eigenvalue weighted by Crippen LogP contribution is 2.20. The number of nitrogens with zero attached hydrogens (tertiary/aromatic N) is 1. The van der Waals surface area contributed by atoms with E-state index in [-0.39, 0.29) is 5.56 Å². The van der Waals surface area contributed by atoms with Crippen molar-refractivity contribution in [2.45, 2.75) is 26.7 Å². The highest BCUT2D eigenvalue weighted by atomic mass is 16.5. The lowest BCUT2D eigenvalue weighted by Crippen LogP contribution is -2.02. The average molecular weight is 273 g/mol. The summed E-state index contributed by atoms with van der Waals surface area (Å²) in [5.41, 5.74) is 0.910. The fourth-order valence-corrected chi connectivity index (χ4v) is 2.07. The molecule has 106 valence electrons. The van der Waals surface area contributed by atoms with E-state index in [2.05, 4.69) is 18.8 Å². The van der Waals surface area contributed by atoms with E-state index in [0.29, 0.717) is 29.3 Å². The van der Waals surface area contributed by atoms with Crippen LogP contribution in [0.3, 0.4) is 0 Å². The van der Waals surface area contributed by atoms with Crippen LogP contribution in [0.15, 0.2) is 30.3 Å². The van der Waals surface area contributed by atoms with Crippen LogP contribution in [0.2, 0.25) is 0 Å². The molecule has 0 atom stereocenters. The Kier molecular flexibility index (Phi) is 4.56. The molecule has 0 amide bonds. The third-order valence-corrected chi connectivity index (χ3v) is 3.11. The second kappa shape index (κ2) is 6.37. The van der Waals surface area contributed by atoms with E-state index in [0.717, 1.165) is 12.8 Å². The van der Waals surface area contributed by atoms with Crippen LogP contribution in [-0.2, 0) is 0 Å². The van der Waals surface area contributed by atoms with Crippen molar-refractivity contribution in [3.05, 3.63) is 35.9 Å². The van der Waals surface area contributed by atoms with Gasteiger partial charge in [-0.05, 0) is 37.0 Å². The SMILES string of the molecule is CC(C)CCCOc1ccc2c(C(=O)O)cccc2n1. The molecule has 0 aliphatic carbocycles. The first kappa shape index (κ1) is 14.3. The van der Waals surface area contributed by atoms with Crippen molar-refractivity contribution in [3.63, 3.8) is 0 Å². The zero-order valence-electron chi connectivity index (χ0n) is 11.8. The van der Waals surface area contributed by atoms with Gasteiger partial charge in [-0.25, -0.2) is 9.78 Å². The summed E-state index contributed by atoms with van der Waals surface area (Å²) >= 11 is 0. The molecule has 0 spiro atoms. The Morgan fingerprint density at radius 2 is 2.10 bits per heavy atom. The number of fused-ring (bicyclic) bond motifs is 1. The fourth-order valence-electron chi connectivity index (χ4n) is 2.07. The zero-order valence-corrected chi connectivity index (χ0v) is 11.8. The normalized spacial score (nSPS) is 10.9. The monoisotopic (exact) mass is 273 g/mol. The summed E-state index contributed by atoms with van der Waals surface area (Å²) in [7, 11) is 0. The minimum absolute atomic E-state index is 0.265. The molecule has 4 nitrogen and oxygen atoms in total. The first-order chi connectivity index (χ1) is 9.58. The quantitative estimate of drug-likeness (QED) is 0.814. The molecule has 2 aromatic rings. The highest BCUT2D eigenvalue weighted by Gasteiger charge is 2.09. The van der Waals surface area contributed by atoms with Crippen LogP contribution in [0.1, 0.15) is 37.0 Å². The summed E-state index contributed by atoms with van der Waals surface area (Å²) in [5, 5.41) is 9.75. The van der Waals surface area contributed by atoms with Crippen LogP contribution in [0.5, 0.6) is 5.88 Å². The predicted molar refractivity (Wildman–Crippen MR) is 78.3 cm³/mol. The lowest BCUT2D eigenvalue weighted by molar-refractivity contribution is 0.0699. The van der Waals surface area contributed by atoms with Gasteiger partial charge in [-0.2, -0.15) is 0 Å². The Labute approximate surface area is 118 Å². The Morgan fingerprint density at radius 1 is 1.30 bits per heavy atom. The number of carboxylic acids is 1. The summed E-state index contributed by atoms with van der Waals surface area (Å²) in [6.07, 6.45) is 2.11. The molecule has 0 aliphatic heterocycles. The Morgan fingerprint density at radius 3 is 2.80 bits per heavy atom. The van der Waals surface area contributed by atoms with Crippen LogP contribution in [0.25, 0.3) is 10.9 Å². The summed E-state index contributed by atoms with van der Waals surface area (Å²) in [4.78, 5) is 15.5. The Balaban J connectivity index is 2.12. The number of benzene rings is 1. The first-order valence-electron chi connectivity index (χ1n) is 6.84. The number of aromatic carboxylic acids is 1. The molecule has 20 heavy (non-hydrogen) atoms. The van der Waals surface area contributed by atoms with Gasteiger partial charge in [-0.3, -0.25) is 0 Å². The standard InChI is InChI=1S/C16H19NO3/c1-11(2)5-4-10-20-15-9-8-12-13(16(18)19)6-3-7-14(12)17-15/h3,6-9,11H,4-5,10H2,1-2H3,(H,18,19). The highest BCUT2D eigenvalue weighted by molar-refractivity contribution is 6.02. The maximum atomic E-state index is 11.1. The summed E-state index contributed by atoms with van der Waals surface area (Å²) in [5.74, 6) is 0.271. The number of carbonyl (C=O) groups is 1. The smallest absolute Gasteiger partial charge is 0.336 e. The van der Waals surface area contributed by atoms with Gasteiger partial charge in [0.05, 0.1) is 17.7 Å². The summed E-state index contributed by atoms with van der Waals surface area (Å²) in [6.45, 7) is 5.00. The summed E-state index contributed by atoms with van der Waals surface area (Å²) < 4.78 is 5.61.